The Kier molecular flexibility index (Phi) is 3.84. The summed E-state index contributed by atoms with van der Waals surface area (Å²) >= 11 is 0. The van der Waals surface area contributed by atoms with Crippen LogP contribution in [0, 0.1) is 11.3 Å². The van der Waals surface area contributed by atoms with Crippen molar-refractivity contribution in [2.75, 3.05) is 7.05 Å². The number of carbonyl (C=O) groups excluding carboxylic acids is 1. The van der Waals surface area contributed by atoms with Crippen molar-refractivity contribution in [3.05, 3.63) is 47.9 Å². The smallest absolute Gasteiger partial charge is 0.254 e. The number of amides is 1. The van der Waals surface area contributed by atoms with Crippen LogP contribution in [-0.2, 0) is 6.42 Å². The maximum atomic E-state index is 11.8. The van der Waals surface area contributed by atoms with Crippen LogP contribution in [0.3, 0.4) is 0 Å². The average molecular weight is 252 g/mol. The first kappa shape index (κ1) is 12.7. The largest absolute Gasteiger partial charge is 0.355 e. The number of nitrogens with zero attached hydrogens (tertiary/aromatic N) is 3. The van der Waals surface area contributed by atoms with Crippen molar-refractivity contribution in [2.24, 2.45) is 0 Å². The molecule has 1 aromatic heterocycles. The van der Waals surface area contributed by atoms with E-state index < -0.39 is 0 Å². The highest BCUT2D eigenvalue weighted by atomic mass is 16.1. The van der Waals surface area contributed by atoms with Crippen LogP contribution in [0.15, 0.2) is 36.5 Å². The highest BCUT2D eigenvalue weighted by Gasteiger charge is 2.14. The van der Waals surface area contributed by atoms with Gasteiger partial charge in [-0.2, -0.15) is 5.26 Å². The molecule has 19 heavy (non-hydrogen) atoms. The van der Waals surface area contributed by atoms with E-state index in [0.717, 1.165) is 5.56 Å². The second-order valence-corrected chi connectivity index (χ2v) is 3.83. The van der Waals surface area contributed by atoms with Gasteiger partial charge in [0.05, 0.1) is 23.7 Å². The van der Waals surface area contributed by atoms with E-state index in [1.807, 2.05) is 36.4 Å². The molecule has 1 N–H and O–H groups in total. The van der Waals surface area contributed by atoms with Crippen molar-refractivity contribution in [3.8, 4) is 17.3 Å². The molecule has 0 atom stereocenters. The zero-order valence-electron chi connectivity index (χ0n) is 10.4. The molecule has 0 unspecified atom stereocenters. The Hall–Kier alpha value is -2.74. The fourth-order valence-corrected chi connectivity index (χ4v) is 1.69. The number of aromatic nitrogens is 2. The van der Waals surface area contributed by atoms with Crippen molar-refractivity contribution >= 4 is 5.91 Å². The van der Waals surface area contributed by atoms with E-state index in [9.17, 15) is 4.79 Å². The van der Waals surface area contributed by atoms with Crippen LogP contribution in [0.4, 0.5) is 0 Å². The van der Waals surface area contributed by atoms with Gasteiger partial charge in [0.2, 0.25) is 0 Å². The molecule has 1 aromatic carbocycles. The summed E-state index contributed by atoms with van der Waals surface area (Å²) < 4.78 is 0. The molecule has 5 nitrogen and oxygen atoms in total. The predicted octanol–water partition coefficient (Wildman–Crippen LogP) is 1.57. The molecule has 1 amide bonds. The Balaban J connectivity index is 2.57. The van der Waals surface area contributed by atoms with Gasteiger partial charge in [0.15, 0.2) is 0 Å². The third-order valence-electron chi connectivity index (χ3n) is 2.59. The van der Waals surface area contributed by atoms with Crippen LogP contribution in [0.2, 0.25) is 0 Å². The number of carbonyl (C=O) groups is 1. The molecule has 0 saturated heterocycles. The minimum Gasteiger partial charge on any atom is -0.355 e. The molecule has 0 spiro atoms. The van der Waals surface area contributed by atoms with Crippen molar-refractivity contribution in [1.29, 1.82) is 5.26 Å². The fourth-order valence-electron chi connectivity index (χ4n) is 1.69. The lowest BCUT2D eigenvalue weighted by Crippen LogP contribution is -2.20. The van der Waals surface area contributed by atoms with E-state index in [1.54, 1.807) is 7.05 Å². The molecule has 0 fully saturated rings. The Labute approximate surface area is 110 Å². The Morgan fingerprint density at radius 2 is 2.11 bits per heavy atom. The zero-order chi connectivity index (χ0) is 13.7. The first-order valence-corrected chi connectivity index (χ1v) is 5.76. The summed E-state index contributed by atoms with van der Waals surface area (Å²) in [5, 5.41) is 11.3. The number of nitriles is 1. The topological polar surface area (TPSA) is 78.7 Å². The second kappa shape index (κ2) is 5.74. The monoisotopic (exact) mass is 252 g/mol. The lowest BCUT2D eigenvalue weighted by Gasteiger charge is -2.08. The lowest BCUT2D eigenvalue weighted by atomic mass is 10.1. The number of benzene rings is 1. The quantitative estimate of drug-likeness (QED) is 0.899. The molecule has 2 aromatic rings. The van der Waals surface area contributed by atoms with Gasteiger partial charge in [-0.15, -0.1) is 0 Å². The summed E-state index contributed by atoms with van der Waals surface area (Å²) in [4.78, 5) is 20.2. The Morgan fingerprint density at radius 1 is 1.37 bits per heavy atom. The maximum absolute atomic E-state index is 11.8. The van der Waals surface area contributed by atoms with Gasteiger partial charge in [0.1, 0.15) is 5.82 Å². The van der Waals surface area contributed by atoms with Gasteiger partial charge in [-0.05, 0) is 0 Å². The van der Waals surface area contributed by atoms with Gasteiger partial charge in [-0.25, -0.2) is 9.97 Å². The zero-order valence-corrected chi connectivity index (χ0v) is 10.4. The molecular formula is C14H12N4O. The number of hydrogen-bond donors (Lipinski definition) is 1. The first-order valence-electron chi connectivity index (χ1n) is 5.76. The normalized spacial score (nSPS) is 9.68. The number of rotatable bonds is 3. The first-order chi connectivity index (χ1) is 9.26. The van der Waals surface area contributed by atoms with Crippen molar-refractivity contribution in [2.45, 2.75) is 6.42 Å². The van der Waals surface area contributed by atoms with Crippen LogP contribution < -0.4 is 5.32 Å². The fraction of sp³-hybridized carbons (Fsp3) is 0.143. The lowest BCUT2D eigenvalue weighted by molar-refractivity contribution is 0.0963. The third kappa shape index (κ3) is 2.75. The highest BCUT2D eigenvalue weighted by Crippen LogP contribution is 2.20. The highest BCUT2D eigenvalue weighted by molar-refractivity contribution is 5.99. The molecular weight excluding hydrogens is 240 g/mol. The van der Waals surface area contributed by atoms with Gasteiger partial charge in [0, 0.05) is 18.8 Å². The van der Waals surface area contributed by atoms with Gasteiger partial charge >= 0.3 is 0 Å². The average Bonchev–Trinajstić information content (AvgIpc) is 2.47. The van der Waals surface area contributed by atoms with Crippen LogP contribution >= 0.6 is 0 Å². The molecule has 5 heteroatoms. The molecule has 1 heterocycles. The summed E-state index contributed by atoms with van der Waals surface area (Å²) in [6.07, 6.45) is 1.58. The van der Waals surface area contributed by atoms with E-state index in [-0.39, 0.29) is 12.3 Å². The molecule has 0 aliphatic heterocycles. The summed E-state index contributed by atoms with van der Waals surface area (Å²) in [6.45, 7) is 0. The van der Waals surface area contributed by atoms with Gasteiger partial charge in [-0.3, -0.25) is 4.79 Å². The van der Waals surface area contributed by atoms with E-state index in [4.69, 9.17) is 5.26 Å². The summed E-state index contributed by atoms with van der Waals surface area (Å²) in [6, 6.07) is 11.4. The maximum Gasteiger partial charge on any atom is 0.254 e. The standard InChI is InChI=1S/C14H12N4O/c1-16-14(19)11-9-17-12(7-8-15)18-13(11)10-5-3-2-4-6-10/h2-6,9H,7H2,1H3,(H,16,19). The minimum absolute atomic E-state index is 0.119. The van der Waals surface area contributed by atoms with Crippen molar-refractivity contribution in [3.63, 3.8) is 0 Å². The van der Waals surface area contributed by atoms with Crippen LogP contribution in [0.1, 0.15) is 16.2 Å². The number of hydrogen-bond acceptors (Lipinski definition) is 4. The van der Waals surface area contributed by atoms with Gasteiger partial charge in [-0.1, -0.05) is 30.3 Å². The van der Waals surface area contributed by atoms with E-state index in [1.165, 1.54) is 6.20 Å². The van der Waals surface area contributed by atoms with E-state index in [0.29, 0.717) is 17.1 Å². The van der Waals surface area contributed by atoms with E-state index in [2.05, 4.69) is 15.3 Å². The summed E-state index contributed by atoms with van der Waals surface area (Å²) in [5.74, 6) is 0.163. The van der Waals surface area contributed by atoms with Crippen molar-refractivity contribution < 1.29 is 4.79 Å². The SMILES string of the molecule is CNC(=O)c1cnc(CC#N)nc1-c1ccccc1. The Bertz CT molecular complexity index is 632. The third-order valence-corrected chi connectivity index (χ3v) is 2.59. The molecule has 94 valence electrons. The van der Waals surface area contributed by atoms with Crippen molar-refractivity contribution in [1.82, 2.24) is 15.3 Å². The molecule has 0 aliphatic carbocycles. The molecule has 0 bridgehead atoms. The van der Waals surface area contributed by atoms with E-state index >= 15 is 0 Å². The Morgan fingerprint density at radius 3 is 2.74 bits per heavy atom. The van der Waals surface area contributed by atoms with Crippen LogP contribution in [-0.4, -0.2) is 22.9 Å². The molecule has 0 radical (unpaired) electrons. The second-order valence-electron chi connectivity index (χ2n) is 3.83. The molecule has 0 aliphatic rings. The summed E-state index contributed by atoms with van der Waals surface area (Å²) in [7, 11) is 1.56. The number of nitrogens with one attached hydrogen (secondary N) is 1. The molecule has 0 saturated carbocycles. The summed E-state index contributed by atoms with van der Waals surface area (Å²) in [5.41, 5.74) is 1.76. The molecule has 2 rings (SSSR count). The minimum atomic E-state index is -0.248. The van der Waals surface area contributed by atoms with Gasteiger partial charge in [0.25, 0.3) is 5.91 Å². The van der Waals surface area contributed by atoms with Crippen LogP contribution in [0.5, 0.6) is 0 Å². The predicted molar refractivity (Wildman–Crippen MR) is 70.2 cm³/mol. The van der Waals surface area contributed by atoms with Crippen LogP contribution in [0.25, 0.3) is 11.3 Å². The van der Waals surface area contributed by atoms with Gasteiger partial charge < -0.3 is 5.32 Å².